The van der Waals surface area contributed by atoms with Gasteiger partial charge in [0.15, 0.2) is 0 Å². The van der Waals surface area contributed by atoms with Crippen molar-refractivity contribution in [1.82, 2.24) is 4.90 Å². The quantitative estimate of drug-likeness (QED) is 0.811. The third kappa shape index (κ3) is 3.34. The summed E-state index contributed by atoms with van der Waals surface area (Å²) in [5.74, 6) is -1.65. The van der Waals surface area contributed by atoms with E-state index >= 15 is 0 Å². The van der Waals surface area contributed by atoms with Gasteiger partial charge in [-0.2, -0.15) is 13.2 Å². The fourth-order valence-electron chi connectivity index (χ4n) is 2.38. The van der Waals surface area contributed by atoms with Crippen molar-refractivity contribution in [2.24, 2.45) is 11.7 Å². The Morgan fingerprint density at radius 2 is 2.05 bits per heavy atom. The van der Waals surface area contributed by atoms with Crippen LogP contribution in [0.4, 0.5) is 17.6 Å². The van der Waals surface area contributed by atoms with E-state index in [9.17, 15) is 22.4 Å². The number of likely N-dealkylation sites (tertiary alicyclic amines) is 1. The van der Waals surface area contributed by atoms with Crippen molar-refractivity contribution in [3.63, 3.8) is 0 Å². The van der Waals surface area contributed by atoms with Crippen LogP contribution < -0.4 is 5.73 Å². The van der Waals surface area contributed by atoms with Gasteiger partial charge in [-0.3, -0.25) is 4.79 Å². The van der Waals surface area contributed by atoms with E-state index < -0.39 is 29.0 Å². The highest BCUT2D eigenvalue weighted by Gasteiger charge is 2.33. The number of carbonyl (C=O) groups is 1. The number of amides is 1. The van der Waals surface area contributed by atoms with Gasteiger partial charge in [-0.15, -0.1) is 0 Å². The molecule has 1 fully saturated rings. The van der Waals surface area contributed by atoms with Gasteiger partial charge in [-0.25, -0.2) is 4.39 Å². The Hall–Kier alpha value is -1.63. The lowest BCUT2D eigenvalue weighted by molar-refractivity contribution is -0.137. The van der Waals surface area contributed by atoms with Gasteiger partial charge in [-0.05, 0) is 30.5 Å². The van der Waals surface area contributed by atoms with Crippen LogP contribution in [0, 0.1) is 11.7 Å². The second-order valence-electron chi connectivity index (χ2n) is 5.37. The van der Waals surface area contributed by atoms with Crippen LogP contribution in [0.3, 0.4) is 0 Å². The third-order valence-electron chi connectivity index (χ3n) is 3.78. The molecule has 0 aromatic heterocycles. The number of rotatable bonds is 1. The molecule has 2 unspecified atom stereocenters. The molecule has 0 bridgehead atoms. The number of piperidine rings is 1. The fourth-order valence-corrected chi connectivity index (χ4v) is 2.38. The predicted molar refractivity (Wildman–Crippen MR) is 69.1 cm³/mol. The molecule has 1 aromatic carbocycles. The number of carbonyl (C=O) groups excluding carboxylic acids is 1. The minimum atomic E-state index is -4.61. The van der Waals surface area contributed by atoms with E-state index in [4.69, 9.17) is 5.73 Å². The Balaban J connectivity index is 2.27. The van der Waals surface area contributed by atoms with Gasteiger partial charge >= 0.3 is 6.18 Å². The summed E-state index contributed by atoms with van der Waals surface area (Å²) in [5.41, 5.74) is 4.25. The summed E-state index contributed by atoms with van der Waals surface area (Å²) in [6.45, 7) is 2.49. The van der Waals surface area contributed by atoms with Gasteiger partial charge in [0.25, 0.3) is 5.91 Å². The predicted octanol–water partition coefficient (Wildman–Crippen LogP) is 2.65. The number of nitrogens with two attached hydrogens (primary N) is 1. The number of alkyl halides is 3. The zero-order valence-corrected chi connectivity index (χ0v) is 11.5. The lowest BCUT2D eigenvalue weighted by atomic mass is 9.94. The SMILES string of the molecule is CC1CN(C(=O)c2cc(C(F)(F)F)ccc2F)CCC1N. The molecule has 1 amide bonds. The molecule has 0 spiro atoms. The zero-order chi connectivity index (χ0) is 15.8. The normalized spacial score (nSPS) is 23.2. The Bertz CT molecular complexity index is 544. The van der Waals surface area contributed by atoms with E-state index in [0.29, 0.717) is 37.7 Å². The van der Waals surface area contributed by atoms with E-state index in [1.165, 1.54) is 4.90 Å². The highest BCUT2D eigenvalue weighted by Crippen LogP contribution is 2.31. The Labute approximate surface area is 119 Å². The number of hydrogen-bond donors (Lipinski definition) is 1. The summed E-state index contributed by atoms with van der Waals surface area (Å²) in [7, 11) is 0. The van der Waals surface area contributed by atoms with Gasteiger partial charge < -0.3 is 10.6 Å². The van der Waals surface area contributed by atoms with E-state index in [2.05, 4.69) is 0 Å². The van der Waals surface area contributed by atoms with Crippen LogP contribution in [0.5, 0.6) is 0 Å². The average molecular weight is 304 g/mol. The number of hydrogen-bond acceptors (Lipinski definition) is 2. The van der Waals surface area contributed by atoms with Crippen molar-refractivity contribution in [1.29, 1.82) is 0 Å². The molecule has 2 rings (SSSR count). The van der Waals surface area contributed by atoms with Crippen molar-refractivity contribution in [2.45, 2.75) is 25.6 Å². The van der Waals surface area contributed by atoms with E-state index in [1.807, 2.05) is 6.92 Å². The molecule has 21 heavy (non-hydrogen) atoms. The minimum absolute atomic E-state index is 0.0246. The number of halogens is 4. The molecular weight excluding hydrogens is 288 g/mol. The summed E-state index contributed by atoms with van der Waals surface area (Å²) >= 11 is 0. The first-order valence-electron chi connectivity index (χ1n) is 6.61. The lowest BCUT2D eigenvalue weighted by Crippen LogP contribution is -2.48. The summed E-state index contributed by atoms with van der Waals surface area (Å²) < 4.78 is 51.7. The Morgan fingerprint density at radius 3 is 2.62 bits per heavy atom. The molecule has 0 saturated carbocycles. The van der Waals surface area contributed by atoms with Crippen molar-refractivity contribution >= 4 is 5.91 Å². The third-order valence-corrected chi connectivity index (χ3v) is 3.78. The van der Waals surface area contributed by atoms with Gasteiger partial charge in [0.2, 0.25) is 0 Å². The maximum absolute atomic E-state index is 13.7. The van der Waals surface area contributed by atoms with Gasteiger partial charge in [0.05, 0.1) is 11.1 Å². The topological polar surface area (TPSA) is 46.3 Å². The molecule has 2 N–H and O–H groups in total. The summed E-state index contributed by atoms with van der Waals surface area (Å²) in [5, 5.41) is 0. The number of benzene rings is 1. The second kappa shape index (κ2) is 5.63. The minimum Gasteiger partial charge on any atom is -0.338 e. The van der Waals surface area contributed by atoms with Crippen LogP contribution in [-0.2, 0) is 6.18 Å². The molecule has 3 nitrogen and oxygen atoms in total. The lowest BCUT2D eigenvalue weighted by Gasteiger charge is -2.35. The first-order chi connectivity index (χ1) is 9.70. The molecular formula is C14H16F4N2O. The highest BCUT2D eigenvalue weighted by atomic mass is 19.4. The first-order valence-corrected chi connectivity index (χ1v) is 6.61. The first kappa shape index (κ1) is 15.8. The average Bonchev–Trinajstić information content (AvgIpc) is 2.40. The van der Waals surface area contributed by atoms with E-state index in [1.54, 1.807) is 0 Å². The molecule has 1 aromatic rings. The van der Waals surface area contributed by atoms with Crippen molar-refractivity contribution in [3.8, 4) is 0 Å². The Morgan fingerprint density at radius 1 is 1.38 bits per heavy atom. The van der Waals surface area contributed by atoms with Crippen molar-refractivity contribution in [2.75, 3.05) is 13.1 Å². The zero-order valence-electron chi connectivity index (χ0n) is 11.5. The maximum atomic E-state index is 13.7. The molecule has 1 aliphatic rings. The van der Waals surface area contributed by atoms with E-state index in [0.717, 1.165) is 0 Å². The van der Waals surface area contributed by atoms with Crippen LogP contribution in [0.1, 0.15) is 29.3 Å². The summed E-state index contributed by atoms with van der Waals surface area (Å²) in [6, 6.07) is 1.81. The standard InChI is InChI=1S/C14H16F4N2O/c1-8-7-20(5-4-12(8)19)13(21)10-6-9(14(16,17)18)2-3-11(10)15/h2-3,6,8,12H,4-5,7,19H2,1H3. The molecule has 2 atom stereocenters. The summed E-state index contributed by atoms with van der Waals surface area (Å²) in [4.78, 5) is 13.6. The van der Waals surface area contributed by atoms with Crippen molar-refractivity contribution < 1.29 is 22.4 Å². The molecule has 116 valence electrons. The molecule has 7 heteroatoms. The van der Waals surface area contributed by atoms with Crippen LogP contribution in [-0.4, -0.2) is 29.9 Å². The summed E-state index contributed by atoms with van der Waals surface area (Å²) in [6.07, 6.45) is -4.06. The fraction of sp³-hybridized carbons (Fsp3) is 0.500. The molecule has 1 heterocycles. The molecule has 0 aliphatic carbocycles. The Kier molecular flexibility index (Phi) is 4.22. The van der Waals surface area contributed by atoms with Crippen LogP contribution >= 0.6 is 0 Å². The number of nitrogens with zero attached hydrogens (tertiary/aromatic N) is 1. The van der Waals surface area contributed by atoms with Crippen LogP contribution in [0.25, 0.3) is 0 Å². The molecule has 1 aliphatic heterocycles. The van der Waals surface area contributed by atoms with Crippen LogP contribution in [0.15, 0.2) is 18.2 Å². The van der Waals surface area contributed by atoms with Gasteiger partial charge in [0.1, 0.15) is 5.82 Å². The smallest absolute Gasteiger partial charge is 0.338 e. The second-order valence-corrected chi connectivity index (χ2v) is 5.37. The van der Waals surface area contributed by atoms with Crippen molar-refractivity contribution in [3.05, 3.63) is 35.1 Å². The maximum Gasteiger partial charge on any atom is 0.416 e. The van der Waals surface area contributed by atoms with Crippen LogP contribution in [0.2, 0.25) is 0 Å². The largest absolute Gasteiger partial charge is 0.416 e. The molecule has 1 saturated heterocycles. The van der Waals surface area contributed by atoms with E-state index in [-0.39, 0.29) is 12.0 Å². The highest BCUT2D eigenvalue weighted by molar-refractivity contribution is 5.94. The molecule has 0 radical (unpaired) electrons. The van der Waals surface area contributed by atoms with Gasteiger partial charge in [-0.1, -0.05) is 6.92 Å². The monoisotopic (exact) mass is 304 g/mol. The van der Waals surface area contributed by atoms with Gasteiger partial charge in [0, 0.05) is 19.1 Å².